The fraction of sp³-hybridized carbons (Fsp3) is 0.143. The van der Waals surface area contributed by atoms with Gasteiger partial charge in [0.1, 0.15) is 0 Å². The summed E-state index contributed by atoms with van der Waals surface area (Å²) in [5.74, 6) is 5.18. The minimum absolute atomic E-state index is 0.258. The molecule has 6 heteroatoms. The predicted molar refractivity (Wildman–Crippen MR) is 83.6 cm³/mol. The first-order valence-electron chi connectivity index (χ1n) is 6.02. The summed E-state index contributed by atoms with van der Waals surface area (Å²) in [6, 6.07) is 7.35. The summed E-state index contributed by atoms with van der Waals surface area (Å²) in [6.07, 6.45) is 1.51. The average Bonchev–Trinajstić information content (AvgIpc) is 2.43. The Hall–Kier alpha value is -1.92. The molecule has 1 heterocycles. The lowest BCUT2D eigenvalue weighted by Gasteiger charge is -2.12. The van der Waals surface area contributed by atoms with Crippen LogP contribution < -0.4 is 16.6 Å². The SMILES string of the molecule is Cc1cc(NN)c(C(=O)Nc2cccc(Br)c2C)cn1. The first kappa shape index (κ1) is 14.5. The zero-order chi connectivity index (χ0) is 14.7. The fourth-order valence-corrected chi connectivity index (χ4v) is 2.16. The predicted octanol–water partition coefficient (Wildman–Crippen LogP) is 3.00. The molecular formula is C14H15BrN4O. The van der Waals surface area contributed by atoms with E-state index in [-0.39, 0.29) is 5.91 Å². The third kappa shape index (κ3) is 2.97. The topological polar surface area (TPSA) is 80.0 Å². The van der Waals surface area contributed by atoms with Gasteiger partial charge in [-0.25, -0.2) is 0 Å². The molecular weight excluding hydrogens is 320 g/mol. The number of pyridine rings is 1. The average molecular weight is 335 g/mol. The third-order valence-electron chi connectivity index (χ3n) is 2.96. The van der Waals surface area contributed by atoms with Crippen molar-refractivity contribution in [3.8, 4) is 0 Å². The molecule has 0 saturated carbocycles. The van der Waals surface area contributed by atoms with Crippen molar-refractivity contribution in [3.63, 3.8) is 0 Å². The number of hydrogen-bond donors (Lipinski definition) is 3. The van der Waals surface area contributed by atoms with Gasteiger partial charge >= 0.3 is 0 Å². The number of nitrogen functional groups attached to an aromatic ring is 1. The molecule has 0 atom stereocenters. The highest BCUT2D eigenvalue weighted by molar-refractivity contribution is 9.10. The summed E-state index contributed by atoms with van der Waals surface area (Å²) >= 11 is 3.43. The monoisotopic (exact) mass is 334 g/mol. The normalized spacial score (nSPS) is 10.2. The van der Waals surface area contributed by atoms with Crippen LogP contribution in [0.5, 0.6) is 0 Å². The first-order valence-corrected chi connectivity index (χ1v) is 6.82. The van der Waals surface area contributed by atoms with Gasteiger partial charge < -0.3 is 10.7 Å². The molecule has 0 spiro atoms. The summed E-state index contributed by atoms with van der Waals surface area (Å²) in [7, 11) is 0. The molecule has 1 amide bonds. The summed E-state index contributed by atoms with van der Waals surface area (Å²) in [4.78, 5) is 16.4. The van der Waals surface area contributed by atoms with Crippen LogP contribution >= 0.6 is 15.9 Å². The van der Waals surface area contributed by atoms with E-state index in [1.807, 2.05) is 32.0 Å². The number of hydrogen-bond acceptors (Lipinski definition) is 4. The van der Waals surface area contributed by atoms with Gasteiger partial charge in [0.05, 0.1) is 11.3 Å². The molecule has 0 bridgehead atoms. The molecule has 0 aliphatic rings. The molecule has 0 aliphatic heterocycles. The quantitative estimate of drug-likeness (QED) is 0.595. The second-order valence-corrected chi connectivity index (χ2v) is 5.24. The summed E-state index contributed by atoms with van der Waals surface area (Å²) < 4.78 is 0.939. The number of carbonyl (C=O) groups is 1. The minimum Gasteiger partial charge on any atom is -0.323 e. The lowest BCUT2D eigenvalue weighted by atomic mass is 10.1. The number of amides is 1. The van der Waals surface area contributed by atoms with E-state index in [0.717, 1.165) is 21.4 Å². The molecule has 1 aromatic carbocycles. The Morgan fingerprint density at radius 2 is 2.05 bits per heavy atom. The van der Waals surface area contributed by atoms with Crippen molar-refractivity contribution in [2.45, 2.75) is 13.8 Å². The number of anilines is 2. The standard InChI is InChI=1S/C14H15BrN4O/c1-8-6-13(19-16)10(7-17-8)14(20)18-12-5-3-4-11(15)9(12)2/h3-7H,16H2,1-2H3,(H,17,19)(H,18,20). The van der Waals surface area contributed by atoms with Gasteiger partial charge in [0.15, 0.2) is 0 Å². The molecule has 2 aromatic rings. The van der Waals surface area contributed by atoms with E-state index >= 15 is 0 Å². The number of hydrazine groups is 1. The Kier molecular flexibility index (Phi) is 4.36. The van der Waals surface area contributed by atoms with Crippen LogP contribution in [0.15, 0.2) is 34.9 Å². The van der Waals surface area contributed by atoms with Crippen LogP contribution in [0.4, 0.5) is 11.4 Å². The smallest absolute Gasteiger partial charge is 0.259 e. The number of carbonyl (C=O) groups excluding carboxylic acids is 1. The molecule has 4 N–H and O–H groups in total. The van der Waals surface area contributed by atoms with E-state index in [0.29, 0.717) is 11.3 Å². The van der Waals surface area contributed by atoms with E-state index in [4.69, 9.17) is 5.84 Å². The molecule has 104 valence electrons. The highest BCUT2D eigenvalue weighted by Gasteiger charge is 2.13. The zero-order valence-electron chi connectivity index (χ0n) is 11.2. The lowest BCUT2D eigenvalue weighted by Crippen LogP contribution is -2.18. The van der Waals surface area contributed by atoms with Crippen LogP contribution in [0.1, 0.15) is 21.6 Å². The van der Waals surface area contributed by atoms with Crippen molar-refractivity contribution in [2.75, 3.05) is 10.7 Å². The maximum atomic E-state index is 12.3. The number of nitrogens with one attached hydrogen (secondary N) is 2. The molecule has 2 rings (SSSR count). The Morgan fingerprint density at radius 3 is 2.75 bits per heavy atom. The molecule has 0 radical (unpaired) electrons. The Bertz CT molecular complexity index is 658. The maximum absolute atomic E-state index is 12.3. The van der Waals surface area contributed by atoms with Gasteiger partial charge in [-0.05, 0) is 37.6 Å². The van der Waals surface area contributed by atoms with Gasteiger partial charge in [-0.2, -0.15) is 0 Å². The van der Waals surface area contributed by atoms with Gasteiger partial charge in [0.2, 0.25) is 0 Å². The summed E-state index contributed by atoms with van der Waals surface area (Å²) in [5, 5.41) is 2.86. The van der Waals surface area contributed by atoms with Crippen LogP contribution in [0.3, 0.4) is 0 Å². The van der Waals surface area contributed by atoms with Crippen LogP contribution in [0.2, 0.25) is 0 Å². The van der Waals surface area contributed by atoms with Gasteiger partial charge in [-0.1, -0.05) is 22.0 Å². The van der Waals surface area contributed by atoms with Crippen molar-refractivity contribution >= 4 is 33.2 Å². The van der Waals surface area contributed by atoms with Crippen molar-refractivity contribution < 1.29 is 4.79 Å². The third-order valence-corrected chi connectivity index (χ3v) is 3.82. The highest BCUT2D eigenvalue weighted by Crippen LogP contribution is 2.24. The Morgan fingerprint density at radius 1 is 1.30 bits per heavy atom. The summed E-state index contributed by atoms with van der Waals surface area (Å²) in [5.41, 5.74) is 5.95. The lowest BCUT2D eigenvalue weighted by molar-refractivity contribution is 0.102. The maximum Gasteiger partial charge on any atom is 0.259 e. The van der Waals surface area contributed by atoms with Crippen molar-refractivity contribution in [3.05, 3.63) is 51.8 Å². The first-order chi connectivity index (χ1) is 9.52. The molecule has 20 heavy (non-hydrogen) atoms. The van der Waals surface area contributed by atoms with E-state index in [1.165, 1.54) is 6.20 Å². The zero-order valence-corrected chi connectivity index (χ0v) is 12.8. The van der Waals surface area contributed by atoms with Crippen LogP contribution in [0.25, 0.3) is 0 Å². The van der Waals surface area contributed by atoms with E-state index in [1.54, 1.807) is 6.07 Å². The van der Waals surface area contributed by atoms with Crippen LogP contribution in [-0.2, 0) is 0 Å². The molecule has 0 aliphatic carbocycles. The minimum atomic E-state index is -0.258. The van der Waals surface area contributed by atoms with Gasteiger partial charge in [0.25, 0.3) is 5.91 Å². The highest BCUT2D eigenvalue weighted by atomic mass is 79.9. The Labute approximate surface area is 125 Å². The molecule has 5 nitrogen and oxygen atoms in total. The van der Waals surface area contributed by atoms with E-state index in [2.05, 4.69) is 31.7 Å². The molecule has 1 aromatic heterocycles. The van der Waals surface area contributed by atoms with Crippen molar-refractivity contribution in [1.29, 1.82) is 0 Å². The van der Waals surface area contributed by atoms with Gasteiger partial charge in [-0.3, -0.25) is 15.6 Å². The van der Waals surface area contributed by atoms with E-state index in [9.17, 15) is 4.79 Å². The van der Waals surface area contributed by atoms with Gasteiger partial charge in [-0.15, -0.1) is 0 Å². The van der Waals surface area contributed by atoms with Gasteiger partial charge in [0, 0.05) is 22.1 Å². The number of rotatable bonds is 3. The van der Waals surface area contributed by atoms with E-state index < -0.39 is 0 Å². The number of nitrogens with zero attached hydrogens (tertiary/aromatic N) is 1. The van der Waals surface area contributed by atoms with Crippen LogP contribution in [-0.4, -0.2) is 10.9 Å². The number of aryl methyl sites for hydroxylation is 1. The number of nitrogens with two attached hydrogens (primary N) is 1. The van der Waals surface area contributed by atoms with Crippen LogP contribution in [0, 0.1) is 13.8 Å². The second kappa shape index (κ2) is 6.02. The Balaban J connectivity index is 2.31. The van der Waals surface area contributed by atoms with Crippen molar-refractivity contribution in [1.82, 2.24) is 4.98 Å². The summed E-state index contributed by atoms with van der Waals surface area (Å²) in [6.45, 7) is 3.76. The molecule has 0 fully saturated rings. The largest absolute Gasteiger partial charge is 0.323 e. The second-order valence-electron chi connectivity index (χ2n) is 4.38. The molecule has 0 unspecified atom stereocenters. The van der Waals surface area contributed by atoms with Crippen molar-refractivity contribution in [2.24, 2.45) is 5.84 Å². The molecule has 0 saturated heterocycles. The number of aromatic nitrogens is 1. The number of benzene rings is 1. The number of halogens is 1. The fourth-order valence-electron chi connectivity index (χ4n) is 1.79.